The quantitative estimate of drug-likeness (QED) is 0.817. The van der Waals surface area contributed by atoms with Gasteiger partial charge in [-0.3, -0.25) is 4.79 Å². The summed E-state index contributed by atoms with van der Waals surface area (Å²) in [6.45, 7) is 1.72. The Morgan fingerprint density at radius 2 is 2.12 bits per heavy atom. The van der Waals surface area contributed by atoms with E-state index in [0.717, 1.165) is 32.1 Å². The van der Waals surface area contributed by atoms with Gasteiger partial charge in [-0.1, -0.05) is 12.8 Å². The lowest BCUT2D eigenvalue weighted by Crippen LogP contribution is -2.43. The van der Waals surface area contributed by atoms with Crippen molar-refractivity contribution in [3.05, 3.63) is 0 Å². The zero-order valence-electron chi connectivity index (χ0n) is 9.93. The van der Waals surface area contributed by atoms with Crippen LogP contribution in [0.25, 0.3) is 0 Å². The maximum absolute atomic E-state index is 11.5. The maximum atomic E-state index is 11.5. The predicted octanol–water partition coefficient (Wildman–Crippen LogP) is 1.72. The van der Waals surface area contributed by atoms with Crippen LogP contribution in [0.5, 0.6) is 0 Å². The third-order valence-corrected chi connectivity index (χ3v) is 3.74. The minimum Gasteiger partial charge on any atom is -0.481 e. The van der Waals surface area contributed by atoms with Crippen LogP contribution >= 0.6 is 0 Å². The third-order valence-electron chi connectivity index (χ3n) is 3.74. The summed E-state index contributed by atoms with van der Waals surface area (Å²) in [5.41, 5.74) is 0. The summed E-state index contributed by atoms with van der Waals surface area (Å²) in [5.74, 6) is -0.926. The molecule has 0 aromatic rings. The number of carbonyl (C=O) groups is 2. The second-order valence-electron chi connectivity index (χ2n) is 4.90. The molecule has 0 aromatic heterocycles. The van der Waals surface area contributed by atoms with Gasteiger partial charge in [-0.05, 0) is 25.2 Å². The lowest BCUT2D eigenvalue weighted by atomic mass is 9.79. The molecule has 1 aliphatic heterocycles. The monoisotopic (exact) mass is 241 g/mol. The topological polar surface area (TPSA) is 66.8 Å². The molecule has 2 unspecified atom stereocenters. The molecule has 1 N–H and O–H groups in total. The highest BCUT2D eigenvalue weighted by Crippen LogP contribution is 2.31. The summed E-state index contributed by atoms with van der Waals surface area (Å²) < 4.78 is 4.97. The van der Waals surface area contributed by atoms with Crippen LogP contribution in [0.1, 0.15) is 32.1 Å². The molecule has 0 aromatic carbocycles. The molecule has 2 fully saturated rings. The SMILES string of the molecule is O=C(O)C1CCCCC1CN1CCCOC1=O. The average molecular weight is 241 g/mol. The Labute approximate surface area is 101 Å². The number of ether oxygens (including phenoxy) is 1. The lowest BCUT2D eigenvalue weighted by molar-refractivity contribution is -0.145. The van der Waals surface area contributed by atoms with E-state index in [-0.39, 0.29) is 17.9 Å². The van der Waals surface area contributed by atoms with Crippen LogP contribution in [0.3, 0.4) is 0 Å². The zero-order chi connectivity index (χ0) is 12.3. The Bertz CT molecular complexity index is 305. The number of hydrogen-bond donors (Lipinski definition) is 1. The highest BCUT2D eigenvalue weighted by molar-refractivity contribution is 5.71. The number of aliphatic carboxylic acids is 1. The van der Waals surface area contributed by atoms with E-state index in [0.29, 0.717) is 19.7 Å². The molecule has 17 heavy (non-hydrogen) atoms. The standard InChI is InChI=1S/C12H19NO4/c14-11(15)10-5-2-1-4-9(10)8-13-6-3-7-17-12(13)16/h9-10H,1-8H2,(H,14,15). The summed E-state index contributed by atoms with van der Waals surface area (Å²) in [6.07, 6.45) is 4.25. The van der Waals surface area contributed by atoms with Gasteiger partial charge in [0.25, 0.3) is 0 Å². The molecule has 96 valence electrons. The minimum atomic E-state index is -0.722. The second-order valence-corrected chi connectivity index (χ2v) is 4.90. The fourth-order valence-electron chi connectivity index (χ4n) is 2.80. The van der Waals surface area contributed by atoms with Gasteiger partial charge < -0.3 is 14.7 Å². The van der Waals surface area contributed by atoms with Crippen molar-refractivity contribution in [3.8, 4) is 0 Å². The molecular weight excluding hydrogens is 222 g/mol. The van der Waals surface area contributed by atoms with Gasteiger partial charge in [-0.15, -0.1) is 0 Å². The van der Waals surface area contributed by atoms with E-state index < -0.39 is 5.97 Å². The van der Waals surface area contributed by atoms with Crippen LogP contribution < -0.4 is 0 Å². The van der Waals surface area contributed by atoms with E-state index >= 15 is 0 Å². The van der Waals surface area contributed by atoms with E-state index in [4.69, 9.17) is 9.84 Å². The molecule has 2 aliphatic rings. The third kappa shape index (κ3) is 2.90. The van der Waals surface area contributed by atoms with E-state index in [1.54, 1.807) is 4.90 Å². The fraction of sp³-hybridized carbons (Fsp3) is 0.833. The van der Waals surface area contributed by atoms with Crippen LogP contribution in [-0.4, -0.2) is 41.8 Å². The number of cyclic esters (lactones) is 1. The number of hydrogen-bond acceptors (Lipinski definition) is 3. The molecule has 0 spiro atoms. The summed E-state index contributed by atoms with van der Waals surface area (Å²) in [5, 5.41) is 9.17. The first-order valence-electron chi connectivity index (χ1n) is 6.33. The van der Waals surface area contributed by atoms with Crippen molar-refractivity contribution in [1.29, 1.82) is 0 Å². The molecule has 1 saturated carbocycles. The zero-order valence-corrected chi connectivity index (χ0v) is 9.93. The fourth-order valence-corrected chi connectivity index (χ4v) is 2.80. The molecular formula is C12H19NO4. The van der Waals surface area contributed by atoms with Crippen LogP contribution in [0.15, 0.2) is 0 Å². The molecule has 1 heterocycles. The molecule has 2 rings (SSSR count). The Morgan fingerprint density at radius 3 is 2.82 bits per heavy atom. The van der Waals surface area contributed by atoms with E-state index in [2.05, 4.69) is 0 Å². The van der Waals surface area contributed by atoms with Gasteiger partial charge in [0.1, 0.15) is 0 Å². The van der Waals surface area contributed by atoms with E-state index in [1.165, 1.54) is 0 Å². The van der Waals surface area contributed by atoms with Gasteiger partial charge in [-0.25, -0.2) is 4.79 Å². The summed E-state index contributed by atoms with van der Waals surface area (Å²) in [6, 6.07) is 0. The molecule has 1 saturated heterocycles. The van der Waals surface area contributed by atoms with E-state index in [9.17, 15) is 9.59 Å². The van der Waals surface area contributed by atoms with Gasteiger partial charge >= 0.3 is 12.1 Å². The van der Waals surface area contributed by atoms with Gasteiger partial charge in [0.2, 0.25) is 0 Å². The van der Waals surface area contributed by atoms with Crippen LogP contribution in [0, 0.1) is 11.8 Å². The summed E-state index contributed by atoms with van der Waals surface area (Å²) >= 11 is 0. The summed E-state index contributed by atoms with van der Waals surface area (Å²) in [7, 11) is 0. The first kappa shape index (κ1) is 12.2. The highest BCUT2D eigenvalue weighted by atomic mass is 16.6. The molecule has 0 bridgehead atoms. The Balaban J connectivity index is 1.95. The number of amides is 1. The van der Waals surface area contributed by atoms with Gasteiger partial charge in [0.05, 0.1) is 12.5 Å². The molecule has 5 nitrogen and oxygen atoms in total. The molecule has 1 aliphatic carbocycles. The number of nitrogens with zero attached hydrogens (tertiary/aromatic N) is 1. The van der Waals surface area contributed by atoms with Crippen molar-refractivity contribution in [2.24, 2.45) is 11.8 Å². The molecule has 0 radical (unpaired) electrons. The number of carboxylic acid groups (broad SMARTS) is 1. The number of carboxylic acids is 1. The van der Waals surface area contributed by atoms with Crippen LogP contribution in [0.4, 0.5) is 4.79 Å². The van der Waals surface area contributed by atoms with Gasteiger partial charge in [0, 0.05) is 13.1 Å². The normalized spacial score (nSPS) is 29.9. The van der Waals surface area contributed by atoms with Crippen molar-refractivity contribution in [2.45, 2.75) is 32.1 Å². The Kier molecular flexibility index (Phi) is 3.86. The second kappa shape index (κ2) is 5.38. The largest absolute Gasteiger partial charge is 0.481 e. The van der Waals surface area contributed by atoms with Crippen LogP contribution in [-0.2, 0) is 9.53 Å². The van der Waals surface area contributed by atoms with E-state index in [1.807, 2.05) is 0 Å². The van der Waals surface area contributed by atoms with Crippen molar-refractivity contribution in [1.82, 2.24) is 4.90 Å². The number of carbonyl (C=O) groups excluding carboxylic acids is 1. The number of rotatable bonds is 3. The Morgan fingerprint density at radius 1 is 1.35 bits per heavy atom. The average Bonchev–Trinajstić information content (AvgIpc) is 2.32. The van der Waals surface area contributed by atoms with Crippen molar-refractivity contribution >= 4 is 12.1 Å². The summed E-state index contributed by atoms with van der Waals surface area (Å²) in [4.78, 5) is 24.3. The smallest absolute Gasteiger partial charge is 0.409 e. The highest BCUT2D eigenvalue weighted by Gasteiger charge is 2.33. The van der Waals surface area contributed by atoms with Crippen LogP contribution in [0.2, 0.25) is 0 Å². The maximum Gasteiger partial charge on any atom is 0.409 e. The predicted molar refractivity (Wildman–Crippen MR) is 60.6 cm³/mol. The Hall–Kier alpha value is -1.26. The molecule has 2 atom stereocenters. The molecule has 5 heteroatoms. The van der Waals surface area contributed by atoms with Crippen molar-refractivity contribution in [2.75, 3.05) is 19.7 Å². The first-order chi connectivity index (χ1) is 8.18. The lowest BCUT2D eigenvalue weighted by Gasteiger charge is -2.34. The minimum absolute atomic E-state index is 0.0897. The van der Waals surface area contributed by atoms with Gasteiger partial charge in [-0.2, -0.15) is 0 Å². The van der Waals surface area contributed by atoms with Crippen molar-refractivity contribution < 1.29 is 19.4 Å². The van der Waals surface area contributed by atoms with Gasteiger partial charge in [0.15, 0.2) is 0 Å². The van der Waals surface area contributed by atoms with Crippen molar-refractivity contribution in [3.63, 3.8) is 0 Å². The molecule has 1 amide bonds. The first-order valence-corrected chi connectivity index (χ1v) is 6.33.